The molecular weight excluding hydrogens is 270 g/mol. The molecule has 21 heavy (non-hydrogen) atoms. The van der Waals surface area contributed by atoms with Gasteiger partial charge in [0.25, 0.3) is 0 Å². The van der Waals surface area contributed by atoms with E-state index in [-0.39, 0.29) is 11.3 Å². The van der Waals surface area contributed by atoms with E-state index in [1.165, 1.54) is 7.11 Å². The van der Waals surface area contributed by atoms with Crippen molar-refractivity contribution in [3.05, 3.63) is 18.2 Å². The van der Waals surface area contributed by atoms with Gasteiger partial charge in [-0.3, -0.25) is 4.79 Å². The summed E-state index contributed by atoms with van der Waals surface area (Å²) in [5, 5.41) is 2.88. The number of esters is 1. The van der Waals surface area contributed by atoms with E-state index in [4.69, 9.17) is 4.74 Å². The van der Waals surface area contributed by atoms with Crippen molar-refractivity contribution in [2.75, 3.05) is 7.11 Å². The summed E-state index contributed by atoms with van der Waals surface area (Å²) in [6.07, 6.45) is 8.30. The molecule has 1 fully saturated rings. The van der Waals surface area contributed by atoms with Crippen LogP contribution in [0.25, 0.3) is 0 Å². The van der Waals surface area contributed by atoms with Crippen molar-refractivity contribution in [1.82, 2.24) is 15.3 Å². The van der Waals surface area contributed by atoms with Crippen LogP contribution in [0, 0.1) is 5.41 Å². The fourth-order valence-corrected chi connectivity index (χ4v) is 3.06. The molecule has 0 aliphatic heterocycles. The number of hydrogen-bond donors (Lipinski definition) is 2. The summed E-state index contributed by atoms with van der Waals surface area (Å²) >= 11 is 0. The molecule has 2 N–H and O–H groups in total. The molecule has 6 heteroatoms. The van der Waals surface area contributed by atoms with Crippen LogP contribution in [0.5, 0.6) is 0 Å². The first-order valence-electron chi connectivity index (χ1n) is 7.47. The van der Waals surface area contributed by atoms with Gasteiger partial charge in [0, 0.05) is 23.7 Å². The van der Waals surface area contributed by atoms with Crippen LogP contribution in [-0.2, 0) is 20.7 Å². The fraction of sp³-hybridized carbons (Fsp3) is 0.667. The van der Waals surface area contributed by atoms with Crippen LogP contribution in [0.2, 0.25) is 0 Å². The molecule has 1 atom stereocenters. The Balaban J connectivity index is 2.07. The van der Waals surface area contributed by atoms with Crippen LogP contribution in [-0.4, -0.2) is 35.0 Å². The Hall–Kier alpha value is -1.85. The van der Waals surface area contributed by atoms with Crippen molar-refractivity contribution in [2.45, 2.75) is 51.5 Å². The summed E-state index contributed by atoms with van der Waals surface area (Å²) < 4.78 is 4.80. The molecule has 0 radical (unpaired) electrons. The van der Waals surface area contributed by atoms with E-state index in [1.807, 2.05) is 6.92 Å². The third kappa shape index (κ3) is 3.43. The Kier molecular flexibility index (Phi) is 4.98. The molecule has 1 aromatic rings. The van der Waals surface area contributed by atoms with E-state index in [2.05, 4.69) is 15.3 Å². The first-order valence-corrected chi connectivity index (χ1v) is 7.47. The number of H-pyrrole nitrogens is 1. The number of aromatic amines is 1. The lowest BCUT2D eigenvalue weighted by Crippen LogP contribution is -2.49. The van der Waals surface area contributed by atoms with Gasteiger partial charge in [0.2, 0.25) is 5.91 Å². The van der Waals surface area contributed by atoms with Crippen LogP contribution in [0.3, 0.4) is 0 Å². The minimum absolute atomic E-state index is 0.0302. The summed E-state index contributed by atoms with van der Waals surface area (Å²) in [7, 11) is 1.33. The van der Waals surface area contributed by atoms with E-state index in [0.29, 0.717) is 6.42 Å². The third-order valence-electron chi connectivity index (χ3n) is 4.49. The minimum Gasteiger partial charge on any atom is -0.467 e. The molecule has 1 amide bonds. The van der Waals surface area contributed by atoms with E-state index in [9.17, 15) is 9.59 Å². The second kappa shape index (κ2) is 6.74. The van der Waals surface area contributed by atoms with Gasteiger partial charge in [-0.2, -0.15) is 0 Å². The monoisotopic (exact) mass is 293 g/mol. The number of carbonyl (C=O) groups excluding carboxylic acids is 2. The second-order valence-electron chi connectivity index (χ2n) is 5.67. The number of nitrogens with one attached hydrogen (secondary N) is 2. The molecule has 6 nitrogen and oxygen atoms in total. The highest BCUT2D eigenvalue weighted by atomic mass is 16.5. The van der Waals surface area contributed by atoms with Crippen molar-refractivity contribution < 1.29 is 14.3 Å². The zero-order chi connectivity index (χ0) is 15.3. The molecule has 0 aromatic carbocycles. The lowest BCUT2D eigenvalue weighted by molar-refractivity contribution is -0.146. The predicted molar refractivity (Wildman–Crippen MR) is 77.4 cm³/mol. The number of nitrogens with zero attached hydrogens (tertiary/aromatic N) is 1. The average molecular weight is 293 g/mol. The van der Waals surface area contributed by atoms with Crippen LogP contribution in [0.1, 0.15) is 44.7 Å². The number of rotatable bonds is 6. The molecule has 2 rings (SSSR count). The molecule has 1 heterocycles. The highest BCUT2D eigenvalue weighted by molar-refractivity contribution is 5.88. The quantitative estimate of drug-likeness (QED) is 0.780. The number of aromatic nitrogens is 2. The van der Waals surface area contributed by atoms with Gasteiger partial charge in [0.1, 0.15) is 6.04 Å². The van der Waals surface area contributed by atoms with Crippen molar-refractivity contribution in [3.8, 4) is 0 Å². The summed E-state index contributed by atoms with van der Waals surface area (Å²) in [4.78, 5) is 31.4. The second-order valence-corrected chi connectivity index (χ2v) is 5.67. The van der Waals surface area contributed by atoms with E-state index >= 15 is 0 Å². The molecule has 0 spiro atoms. The zero-order valence-electron chi connectivity index (χ0n) is 12.6. The van der Waals surface area contributed by atoms with E-state index in [0.717, 1.165) is 37.8 Å². The fourth-order valence-electron chi connectivity index (χ4n) is 3.06. The topological polar surface area (TPSA) is 84.1 Å². The molecule has 1 aromatic heterocycles. The van der Waals surface area contributed by atoms with Crippen molar-refractivity contribution in [2.24, 2.45) is 5.41 Å². The Morgan fingerprint density at radius 2 is 2.19 bits per heavy atom. The van der Waals surface area contributed by atoms with Gasteiger partial charge >= 0.3 is 5.97 Å². The first-order chi connectivity index (χ1) is 10.1. The van der Waals surface area contributed by atoms with Crippen LogP contribution in [0.15, 0.2) is 12.5 Å². The summed E-state index contributed by atoms with van der Waals surface area (Å²) in [6.45, 7) is 2.03. The minimum atomic E-state index is -0.674. The molecular formula is C15H23N3O3. The lowest BCUT2D eigenvalue weighted by atomic mass is 9.82. The third-order valence-corrected chi connectivity index (χ3v) is 4.49. The summed E-state index contributed by atoms with van der Waals surface area (Å²) in [6, 6.07) is -0.674. The molecule has 1 saturated carbocycles. The van der Waals surface area contributed by atoms with Gasteiger partial charge in [-0.05, 0) is 19.3 Å². The van der Waals surface area contributed by atoms with Gasteiger partial charge in [-0.1, -0.05) is 19.8 Å². The normalized spacial score (nSPS) is 18.2. The lowest BCUT2D eigenvalue weighted by Gasteiger charge is -2.28. The number of ether oxygens (including phenoxy) is 1. The largest absolute Gasteiger partial charge is 0.467 e. The van der Waals surface area contributed by atoms with Gasteiger partial charge < -0.3 is 15.0 Å². The molecule has 1 aliphatic carbocycles. The highest BCUT2D eigenvalue weighted by Gasteiger charge is 2.40. The summed E-state index contributed by atoms with van der Waals surface area (Å²) in [5.74, 6) is -0.459. The number of carbonyl (C=O) groups is 2. The van der Waals surface area contributed by atoms with Gasteiger partial charge in [-0.15, -0.1) is 0 Å². The maximum Gasteiger partial charge on any atom is 0.328 e. The van der Waals surface area contributed by atoms with Gasteiger partial charge in [-0.25, -0.2) is 9.78 Å². The van der Waals surface area contributed by atoms with Crippen LogP contribution < -0.4 is 5.32 Å². The van der Waals surface area contributed by atoms with Crippen LogP contribution >= 0.6 is 0 Å². The molecule has 0 saturated heterocycles. The number of amides is 1. The Bertz CT molecular complexity index is 478. The van der Waals surface area contributed by atoms with E-state index < -0.39 is 12.0 Å². The SMILES string of the molecule is CCC1(C(=O)N[C@@H](Cc2cnc[nH]2)C(=O)OC)CCCC1. The number of methoxy groups -OCH3 is 1. The highest BCUT2D eigenvalue weighted by Crippen LogP contribution is 2.41. The Labute approximate surface area is 124 Å². The maximum atomic E-state index is 12.6. The van der Waals surface area contributed by atoms with Gasteiger partial charge in [0.15, 0.2) is 0 Å². The summed E-state index contributed by atoms with van der Waals surface area (Å²) in [5.41, 5.74) is 0.475. The van der Waals surface area contributed by atoms with Crippen LogP contribution in [0.4, 0.5) is 0 Å². The van der Waals surface area contributed by atoms with Crippen molar-refractivity contribution >= 4 is 11.9 Å². The predicted octanol–water partition coefficient (Wildman–Crippen LogP) is 1.58. The molecule has 1 aliphatic rings. The molecule has 116 valence electrons. The van der Waals surface area contributed by atoms with Gasteiger partial charge in [0.05, 0.1) is 13.4 Å². The maximum absolute atomic E-state index is 12.6. The van der Waals surface area contributed by atoms with E-state index in [1.54, 1.807) is 12.5 Å². The smallest absolute Gasteiger partial charge is 0.328 e. The Morgan fingerprint density at radius 3 is 2.71 bits per heavy atom. The Morgan fingerprint density at radius 1 is 1.48 bits per heavy atom. The average Bonchev–Trinajstić information content (AvgIpc) is 3.17. The molecule has 0 bridgehead atoms. The standard InChI is InChI=1S/C15H23N3O3/c1-3-15(6-4-5-7-15)14(20)18-12(13(19)21-2)8-11-9-16-10-17-11/h9-10,12H,3-8H2,1-2H3,(H,16,17)(H,18,20)/t12-/m0/s1. The van der Waals surface area contributed by atoms with Crippen molar-refractivity contribution in [1.29, 1.82) is 0 Å². The van der Waals surface area contributed by atoms with Crippen molar-refractivity contribution in [3.63, 3.8) is 0 Å². The first kappa shape index (κ1) is 15.5. The number of hydrogen-bond acceptors (Lipinski definition) is 4. The molecule has 0 unspecified atom stereocenters. The zero-order valence-corrected chi connectivity index (χ0v) is 12.6. The number of imidazole rings is 1.